The molecule has 130 valence electrons. The number of likely N-dealkylation sites (tertiary alicyclic amines) is 1. The van der Waals surface area contributed by atoms with E-state index in [9.17, 15) is 4.79 Å². The van der Waals surface area contributed by atoms with Gasteiger partial charge in [-0.2, -0.15) is 0 Å². The van der Waals surface area contributed by atoms with E-state index in [0.29, 0.717) is 12.0 Å². The highest BCUT2D eigenvalue weighted by Gasteiger charge is 2.33. The van der Waals surface area contributed by atoms with Gasteiger partial charge in [-0.3, -0.25) is 0 Å². The van der Waals surface area contributed by atoms with Gasteiger partial charge in [0.25, 0.3) is 0 Å². The van der Waals surface area contributed by atoms with Crippen LogP contribution in [0.15, 0.2) is 0 Å². The highest BCUT2D eigenvalue weighted by atomic mass is 16.6. The molecule has 4 heteroatoms. The van der Waals surface area contributed by atoms with Crippen molar-refractivity contribution in [3.63, 3.8) is 0 Å². The Balaban J connectivity index is 2.44. The minimum absolute atomic E-state index is 0.156. The van der Waals surface area contributed by atoms with Crippen LogP contribution in [-0.2, 0) is 4.74 Å². The number of amides is 1. The highest BCUT2D eigenvalue weighted by Crippen LogP contribution is 2.25. The second-order valence-electron chi connectivity index (χ2n) is 7.49. The smallest absolute Gasteiger partial charge is 0.410 e. The molecule has 1 fully saturated rings. The second-order valence-corrected chi connectivity index (χ2v) is 7.49. The summed E-state index contributed by atoms with van der Waals surface area (Å²) in [6.07, 6.45) is 7.37. The minimum Gasteiger partial charge on any atom is -0.444 e. The van der Waals surface area contributed by atoms with Gasteiger partial charge in [-0.15, -0.1) is 0 Å². The molecule has 1 N–H and O–H groups in total. The largest absolute Gasteiger partial charge is 0.444 e. The molecule has 22 heavy (non-hydrogen) atoms. The summed E-state index contributed by atoms with van der Waals surface area (Å²) in [5.74, 6) is 0.564. The zero-order valence-corrected chi connectivity index (χ0v) is 15.3. The normalized spacial score (nSPS) is 20.2. The molecular formula is C18H36N2O2. The Bertz CT molecular complexity index is 326. The molecule has 0 aromatic rings. The van der Waals surface area contributed by atoms with Crippen molar-refractivity contribution in [2.75, 3.05) is 19.6 Å². The van der Waals surface area contributed by atoms with E-state index in [-0.39, 0.29) is 6.09 Å². The predicted molar refractivity (Wildman–Crippen MR) is 92.1 cm³/mol. The third-order valence-corrected chi connectivity index (χ3v) is 4.28. The number of hydrogen-bond acceptors (Lipinski definition) is 3. The molecule has 0 saturated carbocycles. The number of carbonyl (C=O) groups is 1. The van der Waals surface area contributed by atoms with Crippen molar-refractivity contribution in [3.05, 3.63) is 0 Å². The van der Waals surface area contributed by atoms with Gasteiger partial charge in [-0.25, -0.2) is 4.79 Å². The van der Waals surface area contributed by atoms with Crippen LogP contribution in [0.5, 0.6) is 0 Å². The number of hydrogen-bond donors (Lipinski definition) is 1. The maximum atomic E-state index is 12.2. The maximum Gasteiger partial charge on any atom is 0.410 e. The van der Waals surface area contributed by atoms with Crippen molar-refractivity contribution < 1.29 is 9.53 Å². The van der Waals surface area contributed by atoms with Crippen LogP contribution in [0.25, 0.3) is 0 Å². The van der Waals surface area contributed by atoms with Gasteiger partial charge in [-0.05, 0) is 46.1 Å². The van der Waals surface area contributed by atoms with E-state index in [1.165, 1.54) is 32.1 Å². The van der Waals surface area contributed by atoms with Crippen molar-refractivity contribution in [2.45, 2.75) is 84.8 Å². The molecule has 1 saturated heterocycles. The Kier molecular flexibility index (Phi) is 8.23. The first-order chi connectivity index (χ1) is 10.4. The maximum absolute atomic E-state index is 12.2. The van der Waals surface area contributed by atoms with Crippen molar-refractivity contribution in [3.8, 4) is 0 Å². The molecule has 0 spiro atoms. The topological polar surface area (TPSA) is 41.6 Å². The van der Waals surface area contributed by atoms with Crippen LogP contribution in [0.4, 0.5) is 4.79 Å². The summed E-state index contributed by atoms with van der Waals surface area (Å²) in [6.45, 7) is 12.9. The second kappa shape index (κ2) is 9.39. The SMILES string of the molecule is CCCCCCC(NCC)C1CCN(C(=O)OC(C)(C)C)C1. The molecule has 4 nitrogen and oxygen atoms in total. The first-order valence-corrected chi connectivity index (χ1v) is 9.08. The quantitative estimate of drug-likeness (QED) is 0.683. The summed E-state index contributed by atoms with van der Waals surface area (Å²) in [4.78, 5) is 14.1. The van der Waals surface area contributed by atoms with E-state index in [1.807, 2.05) is 25.7 Å². The fourth-order valence-corrected chi connectivity index (χ4v) is 3.17. The van der Waals surface area contributed by atoms with Crippen LogP contribution in [0.2, 0.25) is 0 Å². The lowest BCUT2D eigenvalue weighted by atomic mass is 9.93. The molecule has 1 amide bonds. The van der Waals surface area contributed by atoms with Crippen LogP contribution in [0, 0.1) is 5.92 Å². The van der Waals surface area contributed by atoms with Crippen molar-refractivity contribution in [1.82, 2.24) is 10.2 Å². The van der Waals surface area contributed by atoms with Crippen LogP contribution in [0.3, 0.4) is 0 Å². The monoisotopic (exact) mass is 312 g/mol. The molecule has 0 radical (unpaired) electrons. The summed E-state index contributed by atoms with van der Waals surface area (Å²) in [6, 6.07) is 0.536. The third-order valence-electron chi connectivity index (χ3n) is 4.28. The van der Waals surface area contributed by atoms with Gasteiger partial charge >= 0.3 is 6.09 Å². The Morgan fingerprint density at radius 2 is 2.00 bits per heavy atom. The zero-order chi connectivity index (χ0) is 16.6. The molecule has 2 unspecified atom stereocenters. The van der Waals surface area contributed by atoms with E-state index < -0.39 is 5.60 Å². The Morgan fingerprint density at radius 3 is 2.59 bits per heavy atom. The van der Waals surface area contributed by atoms with Crippen molar-refractivity contribution >= 4 is 6.09 Å². The van der Waals surface area contributed by atoms with Gasteiger partial charge in [0, 0.05) is 19.1 Å². The Morgan fingerprint density at radius 1 is 1.27 bits per heavy atom. The molecule has 2 atom stereocenters. The van der Waals surface area contributed by atoms with Gasteiger partial charge in [-0.1, -0.05) is 39.5 Å². The fraction of sp³-hybridized carbons (Fsp3) is 0.944. The molecule has 0 aliphatic carbocycles. The molecule has 1 heterocycles. The zero-order valence-electron chi connectivity index (χ0n) is 15.3. The fourth-order valence-electron chi connectivity index (χ4n) is 3.17. The van der Waals surface area contributed by atoms with Crippen molar-refractivity contribution in [2.24, 2.45) is 5.92 Å². The van der Waals surface area contributed by atoms with E-state index in [0.717, 1.165) is 26.1 Å². The summed E-state index contributed by atoms with van der Waals surface area (Å²) in [7, 11) is 0. The van der Waals surface area contributed by atoms with Gasteiger partial charge in [0.05, 0.1) is 0 Å². The van der Waals surface area contributed by atoms with E-state index >= 15 is 0 Å². The third kappa shape index (κ3) is 6.99. The predicted octanol–water partition coefficient (Wildman–Crippen LogP) is 4.19. The van der Waals surface area contributed by atoms with Crippen LogP contribution >= 0.6 is 0 Å². The number of ether oxygens (including phenoxy) is 1. The van der Waals surface area contributed by atoms with E-state index in [1.54, 1.807) is 0 Å². The number of carbonyl (C=O) groups excluding carboxylic acids is 1. The van der Waals surface area contributed by atoms with Gasteiger partial charge in [0.2, 0.25) is 0 Å². The molecule has 1 rings (SSSR count). The molecule has 0 aromatic carbocycles. The Labute approximate surface area is 137 Å². The van der Waals surface area contributed by atoms with Gasteiger partial charge in [0.15, 0.2) is 0 Å². The van der Waals surface area contributed by atoms with Crippen LogP contribution in [-0.4, -0.2) is 42.3 Å². The van der Waals surface area contributed by atoms with E-state index in [2.05, 4.69) is 19.2 Å². The summed E-state index contributed by atoms with van der Waals surface area (Å²) < 4.78 is 5.49. The van der Waals surface area contributed by atoms with Gasteiger partial charge in [0.1, 0.15) is 5.60 Å². The molecule has 1 aliphatic rings. The molecule has 1 aliphatic heterocycles. The van der Waals surface area contributed by atoms with Gasteiger partial charge < -0.3 is 15.0 Å². The van der Waals surface area contributed by atoms with Crippen LogP contribution in [0.1, 0.15) is 73.1 Å². The number of nitrogens with zero attached hydrogens (tertiary/aromatic N) is 1. The standard InChI is InChI=1S/C18H36N2O2/c1-6-8-9-10-11-16(19-7-2)15-12-13-20(14-15)17(21)22-18(3,4)5/h15-16,19H,6-14H2,1-5H3. The lowest BCUT2D eigenvalue weighted by Gasteiger charge is -2.26. The summed E-state index contributed by atoms with van der Waals surface area (Å²) in [5, 5.41) is 3.63. The lowest BCUT2D eigenvalue weighted by Crippen LogP contribution is -2.40. The molecule has 0 bridgehead atoms. The summed E-state index contributed by atoms with van der Waals surface area (Å²) >= 11 is 0. The van der Waals surface area contributed by atoms with E-state index in [4.69, 9.17) is 4.74 Å². The lowest BCUT2D eigenvalue weighted by molar-refractivity contribution is 0.0285. The number of unbranched alkanes of at least 4 members (excludes halogenated alkanes) is 3. The van der Waals surface area contributed by atoms with Crippen LogP contribution < -0.4 is 5.32 Å². The first kappa shape index (κ1) is 19.3. The summed E-state index contributed by atoms with van der Waals surface area (Å²) in [5.41, 5.74) is -0.406. The molecule has 0 aromatic heterocycles. The number of rotatable bonds is 8. The Hall–Kier alpha value is -0.770. The highest BCUT2D eigenvalue weighted by molar-refractivity contribution is 5.68. The average molecular weight is 312 g/mol. The van der Waals surface area contributed by atoms with Crippen molar-refractivity contribution in [1.29, 1.82) is 0 Å². The molecular weight excluding hydrogens is 276 g/mol. The average Bonchev–Trinajstić information content (AvgIpc) is 2.90. The number of nitrogens with one attached hydrogen (secondary N) is 1. The minimum atomic E-state index is -0.406. The first-order valence-electron chi connectivity index (χ1n) is 9.08.